The van der Waals surface area contributed by atoms with Crippen molar-refractivity contribution < 1.29 is 4.52 Å². The molecule has 0 aliphatic carbocycles. The van der Waals surface area contributed by atoms with Crippen molar-refractivity contribution in [3.63, 3.8) is 0 Å². The van der Waals surface area contributed by atoms with Gasteiger partial charge in [0, 0.05) is 5.02 Å². The average Bonchev–Trinajstić information content (AvgIpc) is 2.74. The number of aromatic nitrogens is 2. The minimum atomic E-state index is 0.611. The third kappa shape index (κ3) is 3.54. The molecule has 4 nitrogen and oxygen atoms in total. The predicted molar refractivity (Wildman–Crippen MR) is 65.9 cm³/mol. The standard InChI is InChI=1S/C12H14ClN3O/c1-2-14-8-11-15-12(17-16-11)7-9-4-3-5-10(13)6-9/h3-6,14H,2,7-8H2,1H3. The summed E-state index contributed by atoms with van der Waals surface area (Å²) in [5, 5.41) is 7.75. The van der Waals surface area contributed by atoms with Crippen LogP contribution in [0.4, 0.5) is 0 Å². The Labute approximate surface area is 105 Å². The van der Waals surface area contributed by atoms with Crippen molar-refractivity contribution in [2.45, 2.75) is 19.9 Å². The smallest absolute Gasteiger partial charge is 0.231 e. The Morgan fingerprint density at radius 3 is 3.06 bits per heavy atom. The van der Waals surface area contributed by atoms with Crippen LogP contribution in [0.3, 0.4) is 0 Å². The molecule has 2 rings (SSSR count). The van der Waals surface area contributed by atoms with Crippen molar-refractivity contribution in [3.05, 3.63) is 46.6 Å². The second-order valence-corrected chi connectivity index (χ2v) is 4.13. The number of halogens is 1. The van der Waals surface area contributed by atoms with E-state index < -0.39 is 0 Å². The lowest BCUT2D eigenvalue weighted by atomic mass is 10.1. The van der Waals surface area contributed by atoms with E-state index in [4.69, 9.17) is 16.1 Å². The van der Waals surface area contributed by atoms with Gasteiger partial charge in [0.15, 0.2) is 5.82 Å². The second-order valence-electron chi connectivity index (χ2n) is 3.69. The van der Waals surface area contributed by atoms with Crippen molar-refractivity contribution in [1.82, 2.24) is 15.5 Å². The summed E-state index contributed by atoms with van der Waals surface area (Å²) < 4.78 is 5.16. The molecule has 90 valence electrons. The van der Waals surface area contributed by atoms with Gasteiger partial charge in [-0.3, -0.25) is 0 Å². The Morgan fingerprint density at radius 1 is 1.41 bits per heavy atom. The maximum absolute atomic E-state index is 5.91. The van der Waals surface area contributed by atoms with Crippen LogP contribution in [0.2, 0.25) is 5.02 Å². The molecule has 5 heteroatoms. The lowest BCUT2D eigenvalue weighted by Crippen LogP contribution is -2.12. The van der Waals surface area contributed by atoms with Gasteiger partial charge in [-0.25, -0.2) is 0 Å². The maximum atomic E-state index is 5.91. The van der Waals surface area contributed by atoms with Crippen LogP contribution in [-0.4, -0.2) is 16.7 Å². The summed E-state index contributed by atoms with van der Waals surface area (Å²) in [7, 11) is 0. The summed E-state index contributed by atoms with van der Waals surface area (Å²) in [6.07, 6.45) is 0.611. The summed E-state index contributed by atoms with van der Waals surface area (Å²) in [4.78, 5) is 4.29. The third-order valence-corrected chi connectivity index (χ3v) is 2.52. The Balaban J connectivity index is 2.01. The number of hydrogen-bond acceptors (Lipinski definition) is 4. The van der Waals surface area contributed by atoms with E-state index in [1.807, 2.05) is 31.2 Å². The first-order valence-electron chi connectivity index (χ1n) is 5.54. The minimum absolute atomic E-state index is 0.611. The summed E-state index contributed by atoms with van der Waals surface area (Å²) in [5.74, 6) is 1.30. The number of benzene rings is 1. The molecule has 0 saturated carbocycles. The van der Waals surface area contributed by atoms with E-state index in [2.05, 4.69) is 15.5 Å². The molecule has 0 atom stereocenters. The Hall–Kier alpha value is -1.39. The Morgan fingerprint density at radius 2 is 2.29 bits per heavy atom. The van der Waals surface area contributed by atoms with Crippen LogP contribution in [0, 0.1) is 0 Å². The second kappa shape index (κ2) is 5.80. The van der Waals surface area contributed by atoms with Crippen molar-refractivity contribution in [3.8, 4) is 0 Å². The van der Waals surface area contributed by atoms with Crippen LogP contribution in [0.5, 0.6) is 0 Å². The molecule has 1 heterocycles. The number of nitrogens with zero attached hydrogens (tertiary/aromatic N) is 2. The summed E-state index contributed by atoms with van der Waals surface area (Å²) in [6.45, 7) is 3.56. The molecule has 0 aliphatic heterocycles. The molecule has 1 N–H and O–H groups in total. The van der Waals surface area contributed by atoms with E-state index in [1.165, 1.54) is 0 Å². The highest BCUT2D eigenvalue weighted by atomic mass is 35.5. The number of rotatable bonds is 5. The molecular formula is C12H14ClN3O. The third-order valence-electron chi connectivity index (χ3n) is 2.29. The molecule has 17 heavy (non-hydrogen) atoms. The fourth-order valence-corrected chi connectivity index (χ4v) is 1.70. The topological polar surface area (TPSA) is 51.0 Å². The van der Waals surface area contributed by atoms with Crippen LogP contribution in [-0.2, 0) is 13.0 Å². The van der Waals surface area contributed by atoms with Gasteiger partial charge in [0.25, 0.3) is 0 Å². The van der Waals surface area contributed by atoms with E-state index in [9.17, 15) is 0 Å². The zero-order valence-electron chi connectivity index (χ0n) is 9.61. The molecule has 2 aromatic rings. The predicted octanol–water partition coefficient (Wildman–Crippen LogP) is 2.42. The Kier molecular flexibility index (Phi) is 4.12. The van der Waals surface area contributed by atoms with E-state index in [-0.39, 0.29) is 0 Å². The highest BCUT2D eigenvalue weighted by molar-refractivity contribution is 6.30. The average molecular weight is 252 g/mol. The first-order chi connectivity index (χ1) is 8.28. The molecule has 0 radical (unpaired) electrons. The van der Waals surface area contributed by atoms with Gasteiger partial charge >= 0.3 is 0 Å². The van der Waals surface area contributed by atoms with E-state index in [1.54, 1.807) is 0 Å². The SMILES string of the molecule is CCNCc1noc(Cc2cccc(Cl)c2)n1. The monoisotopic (exact) mass is 251 g/mol. The van der Waals surface area contributed by atoms with Crippen molar-refractivity contribution in [2.75, 3.05) is 6.54 Å². The highest BCUT2D eigenvalue weighted by Gasteiger charge is 2.06. The van der Waals surface area contributed by atoms with Crippen molar-refractivity contribution >= 4 is 11.6 Å². The van der Waals surface area contributed by atoms with Crippen LogP contribution >= 0.6 is 11.6 Å². The maximum Gasteiger partial charge on any atom is 0.231 e. The number of hydrogen-bond donors (Lipinski definition) is 1. The van der Waals surface area contributed by atoms with E-state index in [0.717, 1.165) is 17.1 Å². The molecule has 0 saturated heterocycles. The summed E-state index contributed by atoms with van der Waals surface area (Å²) >= 11 is 5.91. The highest BCUT2D eigenvalue weighted by Crippen LogP contribution is 2.13. The first-order valence-corrected chi connectivity index (χ1v) is 5.92. The number of nitrogens with one attached hydrogen (secondary N) is 1. The molecule has 0 fully saturated rings. The van der Waals surface area contributed by atoms with Gasteiger partial charge in [-0.15, -0.1) is 0 Å². The van der Waals surface area contributed by atoms with Crippen molar-refractivity contribution in [1.29, 1.82) is 0 Å². The molecule has 1 aromatic carbocycles. The van der Waals surface area contributed by atoms with Gasteiger partial charge in [0.1, 0.15) is 0 Å². The van der Waals surface area contributed by atoms with Gasteiger partial charge in [-0.05, 0) is 24.2 Å². The van der Waals surface area contributed by atoms with Crippen LogP contribution < -0.4 is 5.32 Å². The molecule has 0 bridgehead atoms. The quantitative estimate of drug-likeness (QED) is 0.887. The minimum Gasteiger partial charge on any atom is -0.339 e. The van der Waals surface area contributed by atoms with Gasteiger partial charge in [-0.1, -0.05) is 35.8 Å². The van der Waals surface area contributed by atoms with Crippen LogP contribution in [0.25, 0.3) is 0 Å². The molecular weight excluding hydrogens is 238 g/mol. The van der Waals surface area contributed by atoms with Gasteiger partial charge < -0.3 is 9.84 Å². The van der Waals surface area contributed by atoms with Crippen LogP contribution in [0.15, 0.2) is 28.8 Å². The van der Waals surface area contributed by atoms with Gasteiger partial charge in [0.2, 0.25) is 5.89 Å². The molecule has 0 spiro atoms. The molecule has 0 aliphatic rings. The van der Waals surface area contributed by atoms with E-state index in [0.29, 0.717) is 24.7 Å². The Bertz CT molecular complexity index is 484. The fraction of sp³-hybridized carbons (Fsp3) is 0.333. The lowest BCUT2D eigenvalue weighted by Gasteiger charge is -1.96. The largest absolute Gasteiger partial charge is 0.339 e. The normalized spacial score (nSPS) is 10.7. The van der Waals surface area contributed by atoms with Gasteiger partial charge in [-0.2, -0.15) is 4.98 Å². The first kappa shape index (κ1) is 12.1. The van der Waals surface area contributed by atoms with Crippen molar-refractivity contribution in [2.24, 2.45) is 0 Å². The summed E-state index contributed by atoms with van der Waals surface area (Å²) in [5.41, 5.74) is 1.07. The zero-order valence-corrected chi connectivity index (χ0v) is 10.4. The molecule has 1 aromatic heterocycles. The van der Waals surface area contributed by atoms with E-state index >= 15 is 0 Å². The molecule has 0 unspecified atom stereocenters. The molecule has 0 amide bonds. The lowest BCUT2D eigenvalue weighted by molar-refractivity contribution is 0.378. The zero-order chi connectivity index (χ0) is 12.1. The fourth-order valence-electron chi connectivity index (χ4n) is 1.49. The van der Waals surface area contributed by atoms with Crippen LogP contribution in [0.1, 0.15) is 24.2 Å². The summed E-state index contributed by atoms with van der Waals surface area (Å²) in [6, 6.07) is 7.64. The van der Waals surface area contributed by atoms with Gasteiger partial charge in [0.05, 0.1) is 13.0 Å².